The number of carbonyl (C=O) groups excluding carboxylic acids is 1. The maximum absolute atomic E-state index is 12.1. The lowest BCUT2D eigenvalue weighted by Gasteiger charge is -2.45. The van der Waals surface area contributed by atoms with Gasteiger partial charge in [-0.3, -0.25) is 14.6 Å². The van der Waals surface area contributed by atoms with Crippen LogP contribution in [0.2, 0.25) is 0 Å². The highest BCUT2D eigenvalue weighted by Crippen LogP contribution is 2.30. The van der Waals surface area contributed by atoms with Crippen molar-refractivity contribution in [3.63, 3.8) is 0 Å². The van der Waals surface area contributed by atoms with Gasteiger partial charge in [0.1, 0.15) is 6.04 Å². The molecule has 5 nitrogen and oxygen atoms in total. The van der Waals surface area contributed by atoms with Gasteiger partial charge in [-0.15, -0.1) is 0 Å². The van der Waals surface area contributed by atoms with Crippen LogP contribution in [0.1, 0.15) is 12.8 Å². The number of piperazine rings is 1. The van der Waals surface area contributed by atoms with Crippen molar-refractivity contribution in [3.05, 3.63) is 0 Å². The monoisotopic (exact) mass is 347 g/mol. The van der Waals surface area contributed by atoms with Crippen molar-refractivity contribution in [2.45, 2.75) is 31.0 Å². The highest BCUT2D eigenvalue weighted by Gasteiger charge is 2.44. The molecule has 22 heavy (non-hydrogen) atoms. The second kappa shape index (κ2) is 8.78. The number of likely N-dealkylation sites (tertiary alicyclic amines) is 1. The number of ether oxygens (including phenoxy) is 1. The van der Waals surface area contributed by atoms with Crippen LogP contribution in [-0.4, -0.2) is 97.2 Å². The van der Waals surface area contributed by atoms with Gasteiger partial charge in [-0.05, 0) is 19.9 Å². The van der Waals surface area contributed by atoms with Crippen molar-refractivity contribution in [2.75, 3.05) is 58.4 Å². The summed E-state index contributed by atoms with van der Waals surface area (Å²) in [6.07, 6.45) is 1.94. The first-order chi connectivity index (χ1) is 10.6. The van der Waals surface area contributed by atoms with Gasteiger partial charge in [0.05, 0.1) is 7.11 Å². The van der Waals surface area contributed by atoms with Crippen molar-refractivity contribution in [1.82, 2.24) is 14.7 Å². The summed E-state index contributed by atoms with van der Waals surface area (Å²) in [7, 11) is 3.66. The lowest BCUT2D eigenvalue weighted by molar-refractivity contribution is -0.146. The molecule has 0 saturated carbocycles. The number of nitrogens with zero attached hydrogens (tertiary/aromatic N) is 3. The van der Waals surface area contributed by atoms with E-state index in [4.69, 9.17) is 4.74 Å². The van der Waals surface area contributed by atoms with E-state index >= 15 is 0 Å². The van der Waals surface area contributed by atoms with E-state index in [9.17, 15) is 4.79 Å². The van der Waals surface area contributed by atoms with Crippen LogP contribution in [0.4, 0.5) is 0 Å². The van der Waals surface area contributed by atoms with Crippen LogP contribution in [-0.2, 0) is 9.53 Å². The number of rotatable bonds is 6. The van der Waals surface area contributed by atoms with Gasteiger partial charge in [0.2, 0.25) is 0 Å². The van der Waals surface area contributed by atoms with Gasteiger partial charge >= 0.3 is 5.97 Å². The van der Waals surface area contributed by atoms with Crippen molar-refractivity contribution in [3.8, 4) is 0 Å². The van der Waals surface area contributed by atoms with Crippen LogP contribution < -0.4 is 0 Å². The fraction of sp³-hybridized carbons (Fsp3) is 0.933. The summed E-state index contributed by atoms with van der Waals surface area (Å²) in [5, 5.41) is 0. The molecule has 0 spiro atoms. The minimum Gasteiger partial charge on any atom is -0.468 e. The SMILES string of the molecule is COC(=O)C1CCC(C2CN(C)CCN2CCS)N1CCS. The topological polar surface area (TPSA) is 36.0 Å². The Morgan fingerprint density at radius 3 is 2.50 bits per heavy atom. The Balaban J connectivity index is 2.14. The molecule has 0 radical (unpaired) electrons. The highest BCUT2D eigenvalue weighted by atomic mass is 32.1. The third-order valence-electron chi connectivity index (χ3n) is 4.96. The van der Waals surface area contributed by atoms with E-state index in [1.54, 1.807) is 0 Å². The molecule has 2 aliphatic heterocycles. The number of carbonyl (C=O) groups is 1. The van der Waals surface area contributed by atoms with Crippen LogP contribution in [0.25, 0.3) is 0 Å². The molecule has 3 atom stereocenters. The van der Waals surface area contributed by atoms with E-state index in [-0.39, 0.29) is 12.0 Å². The third kappa shape index (κ3) is 4.12. The van der Waals surface area contributed by atoms with Gasteiger partial charge in [0.25, 0.3) is 0 Å². The van der Waals surface area contributed by atoms with Gasteiger partial charge in [-0.2, -0.15) is 25.3 Å². The van der Waals surface area contributed by atoms with Crippen LogP contribution in [0.3, 0.4) is 0 Å². The largest absolute Gasteiger partial charge is 0.468 e. The molecule has 128 valence electrons. The van der Waals surface area contributed by atoms with E-state index in [2.05, 4.69) is 47.0 Å². The summed E-state index contributed by atoms with van der Waals surface area (Å²) in [6, 6.07) is 0.756. The summed E-state index contributed by atoms with van der Waals surface area (Å²) in [5.41, 5.74) is 0. The Bertz CT molecular complexity index is 373. The van der Waals surface area contributed by atoms with Gasteiger partial charge in [0.15, 0.2) is 0 Å². The summed E-state index contributed by atoms with van der Waals surface area (Å²) >= 11 is 8.80. The summed E-state index contributed by atoms with van der Waals surface area (Å²) in [5.74, 6) is 1.54. The Kier molecular flexibility index (Phi) is 7.34. The summed E-state index contributed by atoms with van der Waals surface area (Å²) < 4.78 is 5.00. The fourth-order valence-corrected chi connectivity index (χ4v) is 4.38. The third-order valence-corrected chi connectivity index (χ3v) is 5.36. The molecule has 7 heteroatoms. The van der Waals surface area contributed by atoms with Crippen molar-refractivity contribution >= 4 is 31.2 Å². The average molecular weight is 348 g/mol. The molecular weight excluding hydrogens is 318 g/mol. The minimum atomic E-state index is -0.104. The van der Waals surface area contributed by atoms with Crippen LogP contribution in [0, 0.1) is 0 Å². The Morgan fingerprint density at radius 1 is 1.14 bits per heavy atom. The van der Waals surface area contributed by atoms with Gasteiger partial charge in [0, 0.05) is 56.3 Å². The quantitative estimate of drug-likeness (QED) is 0.540. The number of thiol groups is 2. The molecule has 2 rings (SSSR count). The zero-order valence-electron chi connectivity index (χ0n) is 13.6. The minimum absolute atomic E-state index is 0.103. The standard InChI is InChI=1S/C15H29N3O2S2/c1-16-5-6-17(7-9-21)14(11-16)12-3-4-13(15(19)20-2)18(12)8-10-22/h12-14,21-22H,3-11H2,1-2H3. The summed E-state index contributed by atoms with van der Waals surface area (Å²) in [4.78, 5) is 19.3. The molecule has 0 bridgehead atoms. The normalized spacial score (nSPS) is 31.5. The smallest absolute Gasteiger partial charge is 0.323 e. The first kappa shape index (κ1) is 18.4. The van der Waals surface area contributed by atoms with E-state index < -0.39 is 0 Å². The maximum atomic E-state index is 12.1. The van der Waals surface area contributed by atoms with Gasteiger partial charge < -0.3 is 9.64 Å². The first-order valence-corrected chi connectivity index (χ1v) is 9.36. The maximum Gasteiger partial charge on any atom is 0.323 e. The second-order valence-corrected chi connectivity index (χ2v) is 7.13. The van der Waals surface area contributed by atoms with Crippen LogP contribution in [0.15, 0.2) is 0 Å². The average Bonchev–Trinajstić information content (AvgIpc) is 2.92. The predicted octanol–water partition coefficient (Wildman–Crippen LogP) is 0.468. The molecule has 0 N–H and O–H groups in total. The molecule has 2 fully saturated rings. The van der Waals surface area contributed by atoms with Gasteiger partial charge in [-0.1, -0.05) is 0 Å². The Morgan fingerprint density at radius 2 is 1.86 bits per heavy atom. The Hall–Kier alpha value is 0.0500. The molecule has 0 amide bonds. The van der Waals surface area contributed by atoms with E-state index in [1.807, 2.05) is 0 Å². The zero-order valence-corrected chi connectivity index (χ0v) is 15.4. The van der Waals surface area contributed by atoms with Gasteiger partial charge in [-0.25, -0.2) is 0 Å². The molecule has 3 unspecified atom stereocenters. The fourth-order valence-electron chi connectivity index (χ4n) is 3.89. The molecule has 2 aliphatic rings. The highest BCUT2D eigenvalue weighted by molar-refractivity contribution is 7.80. The number of hydrogen-bond donors (Lipinski definition) is 2. The molecular formula is C15H29N3O2S2. The van der Waals surface area contributed by atoms with E-state index in [0.717, 1.165) is 57.1 Å². The lowest BCUT2D eigenvalue weighted by atomic mass is 10.0. The lowest BCUT2D eigenvalue weighted by Crippen LogP contribution is -2.61. The number of esters is 1. The second-order valence-electron chi connectivity index (χ2n) is 6.23. The summed E-state index contributed by atoms with van der Waals surface area (Å²) in [6.45, 7) is 5.08. The molecule has 0 aromatic rings. The van der Waals surface area contributed by atoms with E-state index in [0.29, 0.717) is 12.1 Å². The zero-order chi connectivity index (χ0) is 16.1. The number of hydrogen-bond acceptors (Lipinski definition) is 7. The van der Waals surface area contributed by atoms with Crippen molar-refractivity contribution in [1.29, 1.82) is 0 Å². The number of likely N-dealkylation sites (N-methyl/N-ethyl adjacent to an activating group) is 1. The van der Waals surface area contributed by atoms with Crippen molar-refractivity contribution < 1.29 is 9.53 Å². The molecule has 0 aromatic carbocycles. The Labute approximate surface area is 145 Å². The van der Waals surface area contributed by atoms with E-state index in [1.165, 1.54) is 7.11 Å². The predicted molar refractivity (Wildman–Crippen MR) is 96.1 cm³/mol. The van der Waals surface area contributed by atoms with Crippen LogP contribution >= 0.6 is 25.3 Å². The number of methoxy groups -OCH3 is 1. The van der Waals surface area contributed by atoms with Crippen LogP contribution in [0.5, 0.6) is 0 Å². The molecule has 2 heterocycles. The molecule has 2 saturated heterocycles. The first-order valence-electron chi connectivity index (χ1n) is 8.10. The molecule has 0 aromatic heterocycles. The molecule has 0 aliphatic carbocycles. The van der Waals surface area contributed by atoms with Crippen molar-refractivity contribution in [2.24, 2.45) is 0 Å².